The number of rotatable bonds is 5. The van der Waals surface area contributed by atoms with Crippen LogP contribution in [-0.2, 0) is 16.4 Å². The number of nitrogens with zero attached hydrogens (tertiary/aromatic N) is 4. The van der Waals surface area contributed by atoms with Gasteiger partial charge in [-0.15, -0.1) is 5.10 Å². The van der Waals surface area contributed by atoms with Gasteiger partial charge >= 0.3 is 0 Å². The minimum atomic E-state index is -3.24. The van der Waals surface area contributed by atoms with Gasteiger partial charge in [0.25, 0.3) is 0 Å². The molecule has 0 aliphatic heterocycles. The summed E-state index contributed by atoms with van der Waals surface area (Å²) in [5.41, 5.74) is 2.64. The van der Waals surface area contributed by atoms with Crippen molar-refractivity contribution in [3.8, 4) is 5.69 Å². The molecule has 0 fully saturated rings. The first-order chi connectivity index (χ1) is 11.8. The zero-order chi connectivity index (χ0) is 18.0. The van der Waals surface area contributed by atoms with Crippen molar-refractivity contribution in [3.05, 3.63) is 58.9 Å². The van der Waals surface area contributed by atoms with E-state index in [2.05, 4.69) is 20.8 Å². The molecule has 130 valence electrons. The van der Waals surface area contributed by atoms with Gasteiger partial charge in [0, 0.05) is 17.0 Å². The first-order valence-electron chi connectivity index (χ1n) is 7.42. The van der Waals surface area contributed by atoms with E-state index >= 15 is 0 Å². The van der Waals surface area contributed by atoms with Crippen molar-refractivity contribution in [2.45, 2.75) is 18.4 Å². The van der Waals surface area contributed by atoms with Crippen LogP contribution < -0.4 is 5.32 Å². The molecular weight excluding hydrogens is 362 g/mol. The van der Waals surface area contributed by atoms with Gasteiger partial charge in [0.05, 0.1) is 17.1 Å². The fourth-order valence-electron chi connectivity index (χ4n) is 2.35. The SMILES string of the molecule is Cc1cc(Cl)ccc1NCc1nnnn1-c1ccc(S(C)(=O)=O)cc1. The summed E-state index contributed by atoms with van der Waals surface area (Å²) in [5, 5.41) is 15.6. The number of sulfone groups is 1. The Kier molecular flexibility index (Phi) is 4.73. The van der Waals surface area contributed by atoms with E-state index in [4.69, 9.17) is 11.6 Å². The minimum absolute atomic E-state index is 0.251. The van der Waals surface area contributed by atoms with Gasteiger partial charge in [-0.25, -0.2) is 8.42 Å². The Morgan fingerprint density at radius 3 is 2.52 bits per heavy atom. The highest BCUT2D eigenvalue weighted by atomic mass is 35.5. The van der Waals surface area contributed by atoms with Crippen molar-refractivity contribution in [2.75, 3.05) is 11.6 Å². The lowest BCUT2D eigenvalue weighted by atomic mass is 10.2. The predicted octanol–water partition coefficient (Wildman–Crippen LogP) is 2.64. The Balaban J connectivity index is 1.81. The number of aryl methyl sites for hydroxylation is 1. The van der Waals surface area contributed by atoms with Gasteiger partial charge in [-0.2, -0.15) is 4.68 Å². The van der Waals surface area contributed by atoms with Gasteiger partial charge in [-0.3, -0.25) is 0 Å². The molecule has 0 atom stereocenters. The molecule has 3 rings (SSSR count). The van der Waals surface area contributed by atoms with Crippen LogP contribution >= 0.6 is 11.6 Å². The second-order valence-corrected chi connectivity index (χ2v) is 8.04. The molecule has 3 aromatic rings. The fourth-order valence-corrected chi connectivity index (χ4v) is 3.21. The topological polar surface area (TPSA) is 89.8 Å². The Morgan fingerprint density at radius 2 is 1.88 bits per heavy atom. The minimum Gasteiger partial charge on any atom is -0.377 e. The van der Waals surface area contributed by atoms with Crippen LogP contribution in [0.4, 0.5) is 5.69 Å². The molecule has 2 aromatic carbocycles. The number of tetrazole rings is 1. The number of nitrogens with one attached hydrogen (secondary N) is 1. The third-order valence-electron chi connectivity index (χ3n) is 3.67. The molecule has 0 radical (unpaired) electrons. The molecule has 0 unspecified atom stereocenters. The van der Waals surface area contributed by atoms with Gasteiger partial charge in [0.15, 0.2) is 15.7 Å². The van der Waals surface area contributed by atoms with E-state index in [1.165, 1.54) is 18.4 Å². The molecule has 0 spiro atoms. The lowest BCUT2D eigenvalue weighted by Gasteiger charge is -2.10. The molecule has 1 N–H and O–H groups in total. The normalized spacial score (nSPS) is 11.5. The lowest BCUT2D eigenvalue weighted by molar-refractivity contribution is 0.602. The maximum Gasteiger partial charge on any atom is 0.175 e. The van der Waals surface area contributed by atoms with Crippen LogP contribution in [0.15, 0.2) is 47.4 Å². The van der Waals surface area contributed by atoms with Gasteiger partial charge in [-0.1, -0.05) is 11.6 Å². The van der Waals surface area contributed by atoms with Crippen molar-refractivity contribution in [2.24, 2.45) is 0 Å². The molecule has 1 heterocycles. The van der Waals surface area contributed by atoms with E-state index in [0.717, 1.165) is 11.3 Å². The van der Waals surface area contributed by atoms with E-state index in [-0.39, 0.29) is 4.90 Å². The highest BCUT2D eigenvalue weighted by Gasteiger charge is 2.11. The summed E-state index contributed by atoms with van der Waals surface area (Å²) >= 11 is 5.96. The Labute approximate surface area is 150 Å². The van der Waals surface area contributed by atoms with E-state index < -0.39 is 9.84 Å². The second kappa shape index (κ2) is 6.81. The summed E-state index contributed by atoms with van der Waals surface area (Å²) in [6, 6.07) is 12.0. The Hall–Kier alpha value is -2.45. The summed E-state index contributed by atoms with van der Waals surface area (Å²) in [5.74, 6) is 0.599. The summed E-state index contributed by atoms with van der Waals surface area (Å²) in [7, 11) is -3.24. The first-order valence-corrected chi connectivity index (χ1v) is 9.69. The highest BCUT2D eigenvalue weighted by Crippen LogP contribution is 2.20. The average Bonchev–Trinajstić information content (AvgIpc) is 3.02. The van der Waals surface area contributed by atoms with E-state index in [1.807, 2.05) is 25.1 Å². The van der Waals surface area contributed by atoms with Crippen LogP contribution in [0.1, 0.15) is 11.4 Å². The van der Waals surface area contributed by atoms with E-state index in [0.29, 0.717) is 23.1 Å². The number of anilines is 1. The average molecular weight is 378 g/mol. The molecule has 7 nitrogen and oxygen atoms in total. The highest BCUT2D eigenvalue weighted by molar-refractivity contribution is 7.90. The number of hydrogen-bond acceptors (Lipinski definition) is 6. The van der Waals surface area contributed by atoms with Gasteiger partial charge in [-0.05, 0) is 65.4 Å². The van der Waals surface area contributed by atoms with Crippen LogP contribution in [0.25, 0.3) is 5.69 Å². The molecule has 9 heteroatoms. The van der Waals surface area contributed by atoms with Crippen LogP contribution in [0.2, 0.25) is 5.02 Å². The zero-order valence-electron chi connectivity index (χ0n) is 13.6. The number of aromatic nitrogens is 4. The summed E-state index contributed by atoms with van der Waals surface area (Å²) in [4.78, 5) is 0.251. The smallest absolute Gasteiger partial charge is 0.175 e. The summed E-state index contributed by atoms with van der Waals surface area (Å²) < 4.78 is 24.7. The maximum absolute atomic E-state index is 11.5. The van der Waals surface area contributed by atoms with Gasteiger partial charge in [0.1, 0.15) is 0 Å². The molecule has 0 aliphatic rings. The molecule has 0 saturated heterocycles. The zero-order valence-corrected chi connectivity index (χ0v) is 15.2. The van der Waals surface area contributed by atoms with Crippen molar-refractivity contribution in [1.82, 2.24) is 20.2 Å². The molecule has 0 saturated carbocycles. The van der Waals surface area contributed by atoms with Crippen LogP contribution in [-0.4, -0.2) is 34.9 Å². The van der Waals surface area contributed by atoms with Crippen molar-refractivity contribution < 1.29 is 8.42 Å². The number of halogens is 1. The van der Waals surface area contributed by atoms with Crippen LogP contribution in [0.3, 0.4) is 0 Å². The molecule has 0 aliphatic carbocycles. The molecule has 25 heavy (non-hydrogen) atoms. The maximum atomic E-state index is 11.5. The van der Waals surface area contributed by atoms with E-state index in [9.17, 15) is 8.42 Å². The van der Waals surface area contributed by atoms with Crippen molar-refractivity contribution in [1.29, 1.82) is 0 Å². The molecule has 0 bridgehead atoms. The number of hydrogen-bond donors (Lipinski definition) is 1. The third-order valence-corrected chi connectivity index (χ3v) is 5.03. The largest absolute Gasteiger partial charge is 0.377 e. The first kappa shape index (κ1) is 17.4. The lowest BCUT2D eigenvalue weighted by Crippen LogP contribution is -2.09. The van der Waals surface area contributed by atoms with Gasteiger partial charge in [0.2, 0.25) is 0 Å². The van der Waals surface area contributed by atoms with Crippen LogP contribution in [0, 0.1) is 6.92 Å². The summed E-state index contributed by atoms with van der Waals surface area (Å²) in [6.07, 6.45) is 1.17. The Bertz CT molecular complexity index is 1000. The van der Waals surface area contributed by atoms with Crippen molar-refractivity contribution in [3.63, 3.8) is 0 Å². The third kappa shape index (κ3) is 3.97. The number of benzene rings is 2. The molecular formula is C16H16ClN5O2S. The Morgan fingerprint density at radius 1 is 1.16 bits per heavy atom. The fraction of sp³-hybridized carbons (Fsp3) is 0.188. The predicted molar refractivity (Wildman–Crippen MR) is 95.8 cm³/mol. The second-order valence-electron chi connectivity index (χ2n) is 5.59. The standard InChI is InChI=1S/C16H16ClN5O2S/c1-11-9-12(17)3-8-15(11)18-10-16-19-20-21-22(16)13-4-6-14(7-5-13)25(2,23)24/h3-9,18H,10H2,1-2H3. The molecule has 0 amide bonds. The van der Waals surface area contributed by atoms with Gasteiger partial charge < -0.3 is 5.32 Å². The quantitative estimate of drug-likeness (QED) is 0.735. The summed E-state index contributed by atoms with van der Waals surface area (Å²) in [6.45, 7) is 2.37. The monoisotopic (exact) mass is 377 g/mol. The van der Waals surface area contributed by atoms with E-state index in [1.54, 1.807) is 16.8 Å². The van der Waals surface area contributed by atoms with Crippen LogP contribution in [0.5, 0.6) is 0 Å². The molecule has 1 aromatic heterocycles. The van der Waals surface area contributed by atoms with Crippen molar-refractivity contribution >= 4 is 27.1 Å².